The number of aliphatic hydroxyl groups is 2. The van der Waals surface area contributed by atoms with Crippen molar-refractivity contribution in [1.29, 1.82) is 0 Å². The Balaban J connectivity index is 0.000000235. The molecule has 3 aliphatic heterocycles. The zero-order valence-electron chi connectivity index (χ0n) is 27.7. The van der Waals surface area contributed by atoms with E-state index in [1.165, 1.54) is 19.9 Å². The van der Waals surface area contributed by atoms with E-state index in [1.54, 1.807) is 37.3 Å². The number of epoxide rings is 2. The van der Waals surface area contributed by atoms with E-state index in [1.807, 2.05) is 0 Å². The lowest BCUT2D eigenvalue weighted by Gasteiger charge is -2.26. The third-order valence-electron chi connectivity index (χ3n) is 6.12. The standard InChI is InChI=1S/C12H14O6.C8H8O4.C6H6O3.C4H8O2.C3H5ClO/c1-8-12(14)16-7-11(17-8)6-15-5-10-3-2-9(4-13)18-10;9-3-6-1-2-7(12-6)4-10-8-5-11-8;7-3-5-1-2-6(4-8)9-5;1-3(5)4(2)6;4-1-3-2-5-3/h2-4,8,11H,5-7H2,1H3;1-3,8H,4-5H2;1-3,8H,4H2;3,5H,1-2H3;3H,1-2H2. The monoisotopic (exact) mass is 728 g/mol. The van der Waals surface area contributed by atoms with Gasteiger partial charge in [-0.1, -0.05) is 0 Å². The maximum atomic E-state index is 11.0. The van der Waals surface area contributed by atoms with E-state index in [9.17, 15) is 24.0 Å². The summed E-state index contributed by atoms with van der Waals surface area (Å²) in [6, 6.07) is 9.65. The van der Waals surface area contributed by atoms with E-state index >= 15 is 0 Å². The number of hydrogen-bond donors (Lipinski definition) is 2. The number of halogens is 1. The first-order valence-electron chi connectivity index (χ1n) is 15.2. The second-order valence-corrected chi connectivity index (χ2v) is 10.7. The number of esters is 1. The topological polar surface area (TPSA) is 227 Å². The Hall–Kier alpha value is -4.00. The molecule has 17 heteroatoms. The quantitative estimate of drug-likeness (QED) is 0.112. The van der Waals surface area contributed by atoms with Gasteiger partial charge in [-0.3, -0.25) is 19.2 Å². The van der Waals surface area contributed by atoms with Crippen molar-refractivity contribution < 1.29 is 75.9 Å². The molecule has 6 heterocycles. The predicted octanol–water partition coefficient (Wildman–Crippen LogP) is 3.07. The number of furan rings is 3. The molecule has 5 atom stereocenters. The molecule has 6 rings (SSSR count). The van der Waals surface area contributed by atoms with Gasteiger partial charge in [0.15, 0.2) is 54.3 Å². The van der Waals surface area contributed by atoms with Crippen molar-refractivity contribution in [2.24, 2.45) is 0 Å². The lowest BCUT2D eigenvalue weighted by Crippen LogP contribution is -2.40. The molecule has 0 amide bonds. The Kier molecular flexibility index (Phi) is 19.7. The summed E-state index contributed by atoms with van der Waals surface area (Å²) in [4.78, 5) is 51.5. The number of aliphatic hydroxyl groups excluding tert-OH is 2. The molecular formula is C33H41ClO16. The van der Waals surface area contributed by atoms with Crippen LogP contribution >= 0.6 is 11.6 Å². The maximum Gasteiger partial charge on any atom is 0.335 e. The zero-order chi connectivity index (χ0) is 36.9. The van der Waals surface area contributed by atoms with E-state index in [-0.39, 0.29) is 55.5 Å². The molecule has 0 saturated carbocycles. The highest BCUT2D eigenvalue weighted by Gasteiger charge is 2.27. The van der Waals surface area contributed by atoms with Crippen molar-refractivity contribution in [2.45, 2.75) is 71.3 Å². The molecule has 3 fully saturated rings. The number of alkyl halides is 1. The van der Waals surface area contributed by atoms with Gasteiger partial charge in [0, 0.05) is 0 Å². The highest BCUT2D eigenvalue weighted by atomic mass is 35.5. The molecule has 2 N–H and O–H groups in total. The number of ether oxygens (including phenoxy) is 6. The van der Waals surface area contributed by atoms with Gasteiger partial charge in [-0.2, -0.15) is 0 Å². The first kappa shape index (κ1) is 42.2. The Morgan fingerprint density at radius 2 is 1.38 bits per heavy atom. The number of carbonyl (C=O) groups is 5. The molecule has 3 aliphatic rings. The molecule has 3 saturated heterocycles. The van der Waals surface area contributed by atoms with Crippen LogP contribution in [0.25, 0.3) is 0 Å². The Labute approximate surface area is 292 Å². The van der Waals surface area contributed by atoms with Gasteiger partial charge in [0.1, 0.15) is 62.5 Å². The number of hydrogen-bond acceptors (Lipinski definition) is 16. The van der Waals surface area contributed by atoms with Gasteiger partial charge in [0.05, 0.1) is 25.2 Å². The van der Waals surface area contributed by atoms with Crippen LogP contribution in [0.3, 0.4) is 0 Å². The Morgan fingerprint density at radius 3 is 1.74 bits per heavy atom. The molecule has 0 aliphatic carbocycles. The number of cyclic esters (lactones) is 1. The molecule has 5 unspecified atom stereocenters. The molecule has 0 bridgehead atoms. The SMILES string of the molecule is CC(=O)C(C)O.CC1OC(COCc2ccc(C=O)o2)COC1=O.ClCC1CO1.O=Cc1ccc(CO)o1.O=Cc1ccc(COC2CO2)o1. The van der Waals surface area contributed by atoms with Crippen LogP contribution in [0.5, 0.6) is 0 Å². The van der Waals surface area contributed by atoms with Crippen LogP contribution in [-0.4, -0.2) is 104 Å². The molecule has 50 heavy (non-hydrogen) atoms. The molecule has 0 spiro atoms. The summed E-state index contributed by atoms with van der Waals surface area (Å²) < 4.78 is 45.4. The third kappa shape index (κ3) is 18.1. The molecule has 3 aromatic heterocycles. The van der Waals surface area contributed by atoms with E-state index in [4.69, 9.17) is 63.5 Å². The van der Waals surface area contributed by atoms with Crippen LogP contribution < -0.4 is 0 Å². The van der Waals surface area contributed by atoms with Crippen LogP contribution in [0.2, 0.25) is 0 Å². The smallest absolute Gasteiger partial charge is 0.335 e. The van der Waals surface area contributed by atoms with E-state index < -0.39 is 12.2 Å². The number of rotatable bonds is 13. The first-order chi connectivity index (χ1) is 24.0. The van der Waals surface area contributed by atoms with Gasteiger partial charge in [-0.25, -0.2) is 4.79 Å². The van der Waals surface area contributed by atoms with Crippen LogP contribution in [0.15, 0.2) is 49.6 Å². The fourth-order valence-corrected chi connectivity index (χ4v) is 3.31. The lowest BCUT2D eigenvalue weighted by atomic mass is 10.3. The molecule has 3 aromatic rings. The minimum Gasteiger partial charge on any atom is -0.461 e. The second-order valence-electron chi connectivity index (χ2n) is 10.4. The number of carbonyl (C=O) groups excluding carboxylic acids is 5. The summed E-state index contributed by atoms with van der Waals surface area (Å²) in [5.74, 6) is 2.60. The van der Waals surface area contributed by atoms with E-state index in [0.29, 0.717) is 73.7 Å². The average Bonchev–Trinajstić information content (AvgIpc) is 3.98. The summed E-state index contributed by atoms with van der Waals surface area (Å²) in [5, 5.41) is 16.7. The zero-order valence-corrected chi connectivity index (χ0v) is 28.5. The summed E-state index contributed by atoms with van der Waals surface area (Å²) in [7, 11) is 0. The number of ketones is 1. The van der Waals surface area contributed by atoms with Gasteiger partial charge in [0.2, 0.25) is 0 Å². The Morgan fingerprint density at radius 1 is 0.880 bits per heavy atom. The van der Waals surface area contributed by atoms with Crippen LogP contribution in [-0.2, 0) is 57.8 Å². The average molecular weight is 729 g/mol. The normalized spacial score (nSPS) is 20.3. The van der Waals surface area contributed by atoms with Crippen LogP contribution in [0.4, 0.5) is 0 Å². The highest BCUT2D eigenvalue weighted by molar-refractivity contribution is 6.18. The summed E-state index contributed by atoms with van der Waals surface area (Å²) in [6.07, 6.45) is 0.609. The minimum absolute atomic E-state index is 0.0743. The summed E-state index contributed by atoms with van der Waals surface area (Å²) >= 11 is 5.27. The predicted molar refractivity (Wildman–Crippen MR) is 171 cm³/mol. The van der Waals surface area contributed by atoms with Gasteiger partial charge < -0.3 is 51.9 Å². The van der Waals surface area contributed by atoms with Gasteiger partial charge in [-0.05, 0) is 57.2 Å². The van der Waals surface area contributed by atoms with Crippen molar-refractivity contribution in [3.05, 3.63) is 71.0 Å². The maximum absolute atomic E-state index is 11.0. The molecule has 276 valence electrons. The fraction of sp³-hybridized carbons (Fsp3) is 0.485. The largest absolute Gasteiger partial charge is 0.461 e. The Bertz CT molecular complexity index is 1430. The van der Waals surface area contributed by atoms with Crippen LogP contribution in [0.1, 0.15) is 69.7 Å². The van der Waals surface area contributed by atoms with E-state index in [0.717, 1.165) is 6.61 Å². The summed E-state index contributed by atoms with van der Waals surface area (Å²) in [5.41, 5.74) is 0. The van der Waals surface area contributed by atoms with E-state index in [2.05, 4.69) is 0 Å². The van der Waals surface area contributed by atoms with Crippen LogP contribution in [0, 0.1) is 0 Å². The third-order valence-corrected chi connectivity index (χ3v) is 6.46. The fourth-order valence-electron chi connectivity index (χ4n) is 3.14. The number of Topliss-reactive ketones (excluding diaryl/α,β-unsaturated/α-hetero) is 1. The minimum atomic E-state index is -0.787. The van der Waals surface area contributed by atoms with Crippen molar-refractivity contribution in [1.82, 2.24) is 0 Å². The van der Waals surface area contributed by atoms with Crippen molar-refractivity contribution in [3.8, 4) is 0 Å². The van der Waals surface area contributed by atoms with Gasteiger partial charge in [0.25, 0.3) is 0 Å². The van der Waals surface area contributed by atoms with Gasteiger partial charge >= 0.3 is 5.97 Å². The molecule has 0 radical (unpaired) electrons. The molecule has 0 aromatic carbocycles. The molecular weight excluding hydrogens is 688 g/mol. The van der Waals surface area contributed by atoms with Crippen molar-refractivity contribution in [3.63, 3.8) is 0 Å². The molecule has 16 nitrogen and oxygen atoms in total. The van der Waals surface area contributed by atoms with Crippen molar-refractivity contribution in [2.75, 3.05) is 32.3 Å². The number of aldehydes is 3. The highest BCUT2D eigenvalue weighted by Crippen LogP contribution is 2.15. The van der Waals surface area contributed by atoms with Crippen molar-refractivity contribution >= 4 is 42.2 Å². The lowest BCUT2D eigenvalue weighted by molar-refractivity contribution is -0.187. The van der Waals surface area contributed by atoms with Gasteiger partial charge in [-0.15, -0.1) is 11.6 Å². The summed E-state index contributed by atoms with van der Waals surface area (Å²) in [6.45, 7) is 6.91. The second kappa shape index (κ2) is 23.4. The first-order valence-corrected chi connectivity index (χ1v) is 15.8.